The number of carbonyl (C=O) groups is 1. The Balaban J connectivity index is 2.49. The van der Waals surface area contributed by atoms with E-state index < -0.39 is 39.6 Å². The first-order valence-electron chi connectivity index (χ1n) is 8.05. The van der Waals surface area contributed by atoms with Crippen LogP contribution in [0.2, 0.25) is 0 Å². The highest BCUT2D eigenvalue weighted by molar-refractivity contribution is 7.89. The Bertz CT molecular complexity index is 970. The summed E-state index contributed by atoms with van der Waals surface area (Å²) in [7, 11) is -4.36. The van der Waals surface area contributed by atoms with Gasteiger partial charge in [-0.1, -0.05) is 18.2 Å². The summed E-state index contributed by atoms with van der Waals surface area (Å²) in [5.74, 6) is -6.31. The van der Waals surface area contributed by atoms with Crippen LogP contribution in [0.3, 0.4) is 0 Å². The predicted molar refractivity (Wildman–Crippen MR) is 99.4 cm³/mol. The van der Waals surface area contributed by atoms with E-state index in [9.17, 15) is 23.4 Å². The van der Waals surface area contributed by atoms with Gasteiger partial charge in [-0.25, -0.2) is 13.6 Å². The van der Waals surface area contributed by atoms with Gasteiger partial charge in [0, 0.05) is 5.56 Å². The number of carbonyl (C=O) groups excluding carboxylic acids is 1. The van der Waals surface area contributed by atoms with Gasteiger partial charge < -0.3 is 35.6 Å². The smallest absolute Gasteiger partial charge is 0.280 e. The zero-order valence-corrected chi connectivity index (χ0v) is 15.7. The Morgan fingerprint density at radius 2 is 1.69 bits per heavy atom. The van der Waals surface area contributed by atoms with Crippen molar-refractivity contribution in [2.45, 2.75) is 23.1 Å². The Morgan fingerprint density at radius 1 is 1.07 bits per heavy atom. The number of aliphatic hydroxyl groups is 5. The zero-order chi connectivity index (χ0) is 21.9. The van der Waals surface area contributed by atoms with Gasteiger partial charge in [0.1, 0.15) is 16.9 Å². The van der Waals surface area contributed by atoms with Crippen molar-refractivity contribution < 1.29 is 43.5 Å². The van der Waals surface area contributed by atoms with Crippen LogP contribution >= 0.6 is 0 Å². The van der Waals surface area contributed by atoms with Gasteiger partial charge in [0.2, 0.25) is 10.0 Å². The molecule has 0 atom stereocenters. The number of ether oxygens (including phenoxy) is 1. The van der Waals surface area contributed by atoms with Crippen LogP contribution in [0.4, 0.5) is 5.69 Å². The van der Waals surface area contributed by atoms with E-state index in [2.05, 4.69) is 5.32 Å². The lowest BCUT2D eigenvalue weighted by Crippen LogP contribution is -2.45. The second-order valence-corrected chi connectivity index (χ2v) is 7.79. The van der Waals surface area contributed by atoms with Crippen molar-refractivity contribution >= 4 is 22.0 Å². The average Bonchev–Trinajstić information content (AvgIpc) is 2.58. The van der Waals surface area contributed by atoms with E-state index in [4.69, 9.17) is 25.2 Å². The van der Waals surface area contributed by atoms with E-state index in [1.807, 2.05) is 0 Å². The number of primary sulfonamides is 1. The SMILES string of the molecule is NS(=O)(=O)c1cc(C=O)cc(NCC(O)(O)CC(O)(O)O)c1Oc1ccccc1. The molecule has 0 saturated heterocycles. The molecule has 8 N–H and O–H groups in total. The van der Waals surface area contributed by atoms with Crippen LogP contribution in [0.5, 0.6) is 11.5 Å². The van der Waals surface area contributed by atoms with Gasteiger partial charge in [-0.2, -0.15) is 0 Å². The molecule has 0 saturated carbocycles. The number of rotatable bonds is 9. The van der Waals surface area contributed by atoms with E-state index >= 15 is 0 Å². The number of anilines is 1. The van der Waals surface area contributed by atoms with E-state index in [0.717, 1.165) is 6.07 Å². The van der Waals surface area contributed by atoms with Crippen molar-refractivity contribution in [3.8, 4) is 11.5 Å². The standard InChI is InChI=1S/C17H20N2O9S/c18-29(26,27)14-7-11(8-20)6-13(15(14)28-12-4-2-1-3-5-12)19-10-16(21,22)9-17(23,24)25/h1-8,19,21-25H,9-10H2,(H2,18,26,27). The molecule has 0 aromatic heterocycles. The van der Waals surface area contributed by atoms with Crippen LogP contribution in [0.1, 0.15) is 16.8 Å². The quantitative estimate of drug-likeness (QED) is 0.193. The maximum Gasteiger partial charge on any atom is 0.280 e. The Kier molecular flexibility index (Phi) is 6.60. The fourth-order valence-corrected chi connectivity index (χ4v) is 3.14. The molecule has 0 unspecified atom stereocenters. The topological polar surface area (TPSA) is 200 Å². The van der Waals surface area contributed by atoms with Crippen molar-refractivity contribution in [3.63, 3.8) is 0 Å². The number of sulfonamides is 1. The van der Waals surface area contributed by atoms with E-state index in [1.165, 1.54) is 18.2 Å². The van der Waals surface area contributed by atoms with Gasteiger partial charge in [-0.15, -0.1) is 0 Å². The Labute approximate surface area is 165 Å². The molecule has 0 fully saturated rings. The molecule has 12 heteroatoms. The molecular weight excluding hydrogens is 408 g/mol. The molecule has 0 heterocycles. The van der Waals surface area contributed by atoms with Crippen molar-refractivity contribution in [3.05, 3.63) is 48.0 Å². The normalized spacial score (nSPS) is 12.5. The van der Waals surface area contributed by atoms with Gasteiger partial charge >= 0.3 is 0 Å². The number of benzene rings is 2. The number of hydrogen-bond donors (Lipinski definition) is 7. The second kappa shape index (κ2) is 8.42. The average molecular weight is 428 g/mol. The summed E-state index contributed by atoms with van der Waals surface area (Å²) < 4.78 is 29.6. The van der Waals surface area contributed by atoms with Crippen LogP contribution in [0.25, 0.3) is 0 Å². The highest BCUT2D eigenvalue weighted by Crippen LogP contribution is 2.37. The summed E-state index contributed by atoms with van der Waals surface area (Å²) in [4.78, 5) is 10.6. The molecule has 0 bridgehead atoms. The molecule has 2 aromatic rings. The summed E-state index contributed by atoms with van der Waals surface area (Å²) in [6.45, 7) is -0.812. The highest BCUT2D eigenvalue weighted by atomic mass is 32.2. The first-order chi connectivity index (χ1) is 13.3. The lowest BCUT2D eigenvalue weighted by molar-refractivity contribution is -0.350. The minimum Gasteiger partial charge on any atom is -0.454 e. The third-order valence-electron chi connectivity index (χ3n) is 3.57. The fourth-order valence-electron chi connectivity index (χ4n) is 2.43. The van der Waals surface area contributed by atoms with Crippen molar-refractivity contribution in [2.75, 3.05) is 11.9 Å². The van der Waals surface area contributed by atoms with Crippen LogP contribution in [0.15, 0.2) is 47.4 Å². The number of hydrogen-bond acceptors (Lipinski definition) is 10. The molecule has 2 rings (SSSR count). The number of nitrogens with two attached hydrogens (primary N) is 1. The molecule has 0 amide bonds. The van der Waals surface area contributed by atoms with Crippen LogP contribution < -0.4 is 15.2 Å². The third kappa shape index (κ3) is 6.76. The predicted octanol–water partition coefficient (Wildman–Crippen LogP) is -0.948. The van der Waals surface area contributed by atoms with Gasteiger partial charge in [0.15, 0.2) is 11.5 Å². The fraction of sp³-hybridized carbons (Fsp3) is 0.235. The van der Waals surface area contributed by atoms with E-state index in [1.54, 1.807) is 18.2 Å². The molecule has 0 radical (unpaired) electrons. The Hall–Kier alpha value is -2.58. The van der Waals surface area contributed by atoms with Crippen molar-refractivity contribution in [2.24, 2.45) is 5.14 Å². The monoisotopic (exact) mass is 428 g/mol. The minimum atomic E-state index is -4.36. The third-order valence-corrected chi connectivity index (χ3v) is 4.48. The lowest BCUT2D eigenvalue weighted by Gasteiger charge is -2.27. The van der Waals surface area contributed by atoms with E-state index in [-0.39, 0.29) is 22.7 Å². The van der Waals surface area contributed by atoms with Crippen LogP contribution in [-0.2, 0) is 10.0 Å². The molecular formula is C17H20N2O9S. The number of nitrogens with one attached hydrogen (secondary N) is 1. The zero-order valence-electron chi connectivity index (χ0n) is 14.9. The first kappa shape index (κ1) is 22.7. The van der Waals surface area contributed by atoms with E-state index in [0.29, 0.717) is 6.29 Å². The molecule has 0 aliphatic rings. The summed E-state index contributed by atoms with van der Waals surface area (Å²) in [5.41, 5.74) is -0.270. The Morgan fingerprint density at radius 3 is 2.21 bits per heavy atom. The van der Waals surface area contributed by atoms with Crippen LogP contribution in [-0.4, -0.2) is 58.5 Å². The summed E-state index contributed by atoms with van der Waals surface area (Å²) in [6, 6.07) is 10.1. The highest BCUT2D eigenvalue weighted by Gasteiger charge is 2.35. The maximum atomic E-state index is 12.0. The molecule has 158 valence electrons. The largest absolute Gasteiger partial charge is 0.454 e. The molecule has 29 heavy (non-hydrogen) atoms. The van der Waals surface area contributed by atoms with Gasteiger partial charge in [-0.05, 0) is 24.3 Å². The summed E-state index contributed by atoms with van der Waals surface area (Å²) in [5, 5.41) is 54.1. The number of aldehydes is 1. The molecule has 0 aliphatic carbocycles. The molecule has 2 aromatic carbocycles. The maximum absolute atomic E-state index is 12.0. The molecule has 0 spiro atoms. The second-order valence-electron chi connectivity index (χ2n) is 6.26. The summed E-state index contributed by atoms with van der Waals surface area (Å²) >= 11 is 0. The van der Waals surface area contributed by atoms with Crippen LogP contribution in [0, 0.1) is 0 Å². The molecule has 11 nitrogen and oxygen atoms in total. The minimum absolute atomic E-state index is 0.112. The molecule has 0 aliphatic heterocycles. The van der Waals surface area contributed by atoms with Gasteiger partial charge in [0.05, 0.1) is 18.7 Å². The van der Waals surface area contributed by atoms with Gasteiger partial charge in [0.25, 0.3) is 5.97 Å². The number of para-hydroxylation sites is 1. The van der Waals surface area contributed by atoms with Gasteiger partial charge in [-0.3, -0.25) is 4.79 Å². The lowest BCUT2D eigenvalue weighted by atomic mass is 10.1. The summed E-state index contributed by atoms with van der Waals surface area (Å²) in [6.07, 6.45) is -0.936. The van der Waals surface area contributed by atoms with Crippen molar-refractivity contribution in [1.82, 2.24) is 0 Å². The van der Waals surface area contributed by atoms with Crippen molar-refractivity contribution in [1.29, 1.82) is 0 Å². The first-order valence-corrected chi connectivity index (χ1v) is 9.60.